The van der Waals surface area contributed by atoms with Crippen molar-refractivity contribution in [2.75, 3.05) is 4.90 Å². The summed E-state index contributed by atoms with van der Waals surface area (Å²) < 4.78 is 60.6. The number of benzene rings is 1. The number of halogens is 4. The van der Waals surface area contributed by atoms with E-state index in [1.54, 1.807) is 0 Å². The Bertz CT molecular complexity index is 1060. The van der Waals surface area contributed by atoms with Gasteiger partial charge in [0.2, 0.25) is 11.8 Å². The van der Waals surface area contributed by atoms with E-state index >= 15 is 0 Å². The van der Waals surface area contributed by atoms with Gasteiger partial charge in [0.25, 0.3) is 0 Å². The summed E-state index contributed by atoms with van der Waals surface area (Å²) in [6, 6.07) is 2.69. The van der Waals surface area contributed by atoms with Gasteiger partial charge in [-0.15, -0.1) is 0 Å². The molecule has 4 rings (SSSR count). The van der Waals surface area contributed by atoms with Gasteiger partial charge in [0, 0.05) is 0 Å². The molecule has 5 atom stereocenters. The normalized spacial score (nSPS) is 35.0. The van der Waals surface area contributed by atoms with Gasteiger partial charge in [0.1, 0.15) is 5.56 Å². The standard InChI is InChI=1S/C19H14F4N2O5/c1-17-5-8(16(28)29)18(2,30-17)12-11(17)14(26)25(15(12)27)9-4-3-7(6-24)10(13(9)20)19(21,22)23/h3-4,8,11-12H,5H2,1-2H3,(H,28,29)/t8-,11+,12-,17+,18-/m1/s1. The van der Waals surface area contributed by atoms with Gasteiger partial charge >= 0.3 is 12.1 Å². The number of alkyl halides is 3. The Hall–Kier alpha value is -3.00. The van der Waals surface area contributed by atoms with Crippen LogP contribution in [0.1, 0.15) is 31.4 Å². The number of rotatable bonds is 2. The third-order valence-electron chi connectivity index (χ3n) is 6.40. The van der Waals surface area contributed by atoms with Crippen molar-refractivity contribution in [3.8, 4) is 6.07 Å². The van der Waals surface area contributed by atoms with E-state index in [0.29, 0.717) is 11.0 Å². The molecule has 0 radical (unpaired) electrons. The Labute approximate surface area is 166 Å². The molecule has 3 aliphatic rings. The largest absolute Gasteiger partial charge is 0.481 e. The van der Waals surface area contributed by atoms with Gasteiger partial charge in [-0.1, -0.05) is 0 Å². The maximum atomic E-state index is 14.9. The van der Waals surface area contributed by atoms with Gasteiger partial charge in [-0.05, 0) is 32.4 Å². The first kappa shape index (κ1) is 20.3. The van der Waals surface area contributed by atoms with E-state index in [9.17, 15) is 37.1 Å². The molecule has 1 aromatic carbocycles. The Kier molecular flexibility index (Phi) is 3.91. The third-order valence-corrected chi connectivity index (χ3v) is 6.40. The van der Waals surface area contributed by atoms with E-state index in [1.165, 1.54) is 19.9 Å². The smallest absolute Gasteiger partial charge is 0.420 e. The predicted molar refractivity (Wildman–Crippen MR) is 89.2 cm³/mol. The zero-order valence-electron chi connectivity index (χ0n) is 15.6. The zero-order valence-corrected chi connectivity index (χ0v) is 15.6. The predicted octanol–water partition coefficient (Wildman–Crippen LogP) is 2.47. The van der Waals surface area contributed by atoms with Crippen LogP contribution in [-0.4, -0.2) is 34.1 Å². The lowest BCUT2D eigenvalue weighted by molar-refractivity contribution is -0.150. The van der Waals surface area contributed by atoms with Gasteiger partial charge in [0.05, 0.1) is 46.3 Å². The number of imide groups is 1. The van der Waals surface area contributed by atoms with Crippen LogP contribution in [0.2, 0.25) is 0 Å². The highest BCUT2D eigenvalue weighted by Gasteiger charge is 2.77. The highest BCUT2D eigenvalue weighted by molar-refractivity contribution is 6.23. The first-order valence-electron chi connectivity index (χ1n) is 8.88. The van der Waals surface area contributed by atoms with Crippen molar-refractivity contribution in [1.82, 2.24) is 0 Å². The lowest BCUT2D eigenvalue weighted by atomic mass is 9.64. The highest BCUT2D eigenvalue weighted by atomic mass is 19.4. The number of aliphatic carboxylic acids is 1. The van der Waals surface area contributed by atoms with Gasteiger partial charge in [-0.3, -0.25) is 14.4 Å². The van der Waals surface area contributed by atoms with Crippen LogP contribution in [0.5, 0.6) is 0 Å². The SMILES string of the molecule is C[C@@]12O[C@@](C)(C[C@@H]1C(=O)O)[C@@H]1C(=O)N(c3ccc(C#N)c(C(F)(F)F)c3F)C(=O)[C@@H]12. The number of anilines is 1. The Morgan fingerprint density at radius 2 is 1.87 bits per heavy atom. The van der Waals surface area contributed by atoms with E-state index in [4.69, 9.17) is 10.00 Å². The molecule has 158 valence electrons. The molecule has 7 nitrogen and oxygen atoms in total. The quantitative estimate of drug-likeness (QED) is 0.575. The van der Waals surface area contributed by atoms with Crippen LogP contribution in [0, 0.1) is 34.9 Å². The van der Waals surface area contributed by atoms with Crippen LogP contribution >= 0.6 is 0 Å². The van der Waals surface area contributed by atoms with Crippen molar-refractivity contribution in [3.05, 3.63) is 29.1 Å². The minimum Gasteiger partial charge on any atom is -0.481 e. The maximum Gasteiger partial charge on any atom is 0.420 e. The number of carboxylic acid groups (broad SMARTS) is 1. The average molecular weight is 426 g/mol. The number of carbonyl (C=O) groups is 3. The number of amides is 2. The van der Waals surface area contributed by atoms with Gasteiger partial charge < -0.3 is 9.84 Å². The summed E-state index contributed by atoms with van der Waals surface area (Å²) in [5.41, 5.74) is -6.69. The molecule has 11 heteroatoms. The van der Waals surface area contributed by atoms with Crippen LogP contribution in [0.15, 0.2) is 12.1 Å². The maximum absolute atomic E-state index is 14.9. The Morgan fingerprint density at radius 3 is 2.40 bits per heavy atom. The lowest BCUT2D eigenvalue weighted by Gasteiger charge is -2.32. The molecule has 0 spiro atoms. The van der Waals surface area contributed by atoms with E-state index in [1.807, 2.05) is 0 Å². The van der Waals surface area contributed by atoms with Crippen LogP contribution in [-0.2, 0) is 25.3 Å². The topological polar surface area (TPSA) is 108 Å². The fourth-order valence-electron chi connectivity index (χ4n) is 5.23. The molecule has 0 aliphatic carbocycles. The summed E-state index contributed by atoms with van der Waals surface area (Å²) in [7, 11) is 0. The van der Waals surface area contributed by atoms with E-state index in [-0.39, 0.29) is 6.42 Å². The van der Waals surface area contributed by atoms with E-state index in [2.05, 4.69) is 0 Å². The van der Waals surface area contributed by atoms with Crippen LogP contribution < -0.4 is 4.90 Å². The molecule has 3 heterocycles. The second-order valence-corrected chi connectivity index (χ2v) is 8.09. The molecule has 0 unspecified atom stereocenters. The van der Waals surface area contributed by atoms with Crippen LogP contribution in [0.4, 0.5) is 23.2 Å². The summed E-state index contributed by atoms with van der Waals surface area (Å²) >= 11 is 0. The second kappa shape index (κ2) is 5.78. The number of fused-ring (bicyclic) bond motifs is 5. The van der Waals surface area contributed by atoms with Crippen molar-refractivity contribution < 1.29 is 41.8 Å². The van der Waals surface area contributed by atoms with Crippen molar-refractivity contribution in [3.63, 3.8) is 0 Å². The van der Waals surface area contributed by atoms with Crippen molar-refractivity contribution in [2.45, 2.75) is 37.6 Å². The molecule has 0 aromatic heterocycles. The van der Waals surface area contributed by atoms with E-state index in [0.717, 1.165) is 6.07 Å². The first-order chi connectivity index (χ1) is 13.8. The van der Waals surface area contributed by atoms with Crippen molar-refractivity contribution >= 4 is 23.5 Å². The van der Waals surface area contributed by atoms with Crippen LogP contribution in [0.25, 0.3) is 0 Å². The van der Waals surface area contributed by atoms with Crippen LogP contribution in [0.3, 0.4) is 0 Å². The molecule has 30 heavy (non-hydrogen) atoms. The molecule has 0 saturated carbocycles. The molecular formula is C19H14F4N2O5. The Balaban J connectivity index is 1.86. The minimum absolute atomic E-state index is 0.0729. The fraction of sp³-hybridized carbons (Fsp3) is 0.474. The number of carboxylic acids is 1. The Morgan fingerprint density at radius 1 is 1.27 bits per heavy atom. The molecule has 3 aliphatic heterocycles. The third kappa shape index (κ3) is 2.31. The molecule has 2 amide bonds. The average Bonchev–Trinajstić information content (AvgIpc) is 3.15. The minimum atomic E-state index is -5.23. The molecule has 3 fully saturated rings. The number of carbonyl (C=O) groups excluding carboxylic acids is 2. The summed E-state index contributed by atoms with van der Waals surface area (Å²) in [5, 5.41) is 18.4. The van der Waals surface area contributed by atoms with E-state index < -0.39 is 75.5 Å². The zero-order chi connectivity index (χ0) is 22.4. The van der Waals surface area contributed by atoms with Gasteiger partial charge in [-0.2, -0.15) is 18.4 Å². The molecule has 1 N–H and O–H groups in total. The summed E-state index contributed by atoms with van der Waals surface area (Å²) in [5.74, 6) is -8.69. The fourth-order valence-corrected chi connectivity index (χ4v) is 5.23. The lowest BCUT2D eigenvalue weighted by Crippen LogP contribution is -2.48. The first-order valence-corrected chi connectivity index (χ1v) is 8.88. The van der Waals surface area contributed by atoms with Gasteiger partial charge in [0.15, 0.2) is 5.82 Å². The molecule has 2 bridgehead atoms. The van der Waals surface area contributed by atoms with Crippen molar-refractivity contribution in [2.24, 2.45) is 17.8 Å². The second-order valence-electron chi connectivity index (χ2n) is 8.09. The molecule has 1 aromatic rings. The summed E-state index contributed by atoms with van der Waals surface area (Å²) in [6.45, 7) is 2.83. The summed E-state index contributed by atoms with van der Waals surface area (Å²) in [6.07, 6.45) is -5.31. The number of hydrogen-bond donors (Lipinski definition) is 1. The number of hydrogen-bond acceptors (Lipinski definition) is 5. The number of ether oxygens (including phenoxy) is 1. The highest BCUT2D eigenvalue weighted by Crippen LogP contribution is 2.63. The van der Waals surface area contributed by atoms with Gasteiger partial charge in [-0.25, -0.2) is 9.29 Å². The monoisotopic (exact) mass is 426 g/mol. The number of nitrogens with zero attached hydrogens (tertiary/aromatic N) is 2. The molecule has 3 saturated heterocycles. The number of nitriles is 1. The summed E-state index contributed by atoms with van der Waals surface area (Å²) in [4.78, 5) is 38.1. The van der Waals surface area contributed by atoms with Crippen molar-refractivity contribution in [1.29, 1.82) is 5.26 Å². The molecular weight excluding hydrogens is 412 g/mol.